The van der Waals surface area contributed by atoms with Crippen LogP contribution < -0.4 is 4.74 Å². The average Bonchev–Trinajstić information content (AvgIpc) is 3.63. The number of nitrogens with zero attached hydrogens (tertiary/aromatic N) is 7. The molecule has 0 aliphatic heterocycles. The third-order valence-corrected chi connectivity index (χ3v) is 8.96. The molecule has 0 bridgehead atoms. The van der Waals surface area contributed by atoms with E-state index >= 15 is 0 Å². The molecule has 0 N–H and O–H groups in total. The van der Waals surface area contributed by atoms with Crippen molar-refractivity contribution in [1.82, 2.24) is 29.1 Å². The van der Waals surface area contributed by atoms with Crippen LogP contribution in [0, 0.1) is 0 Å². The standard InChI is InChI=1S/C42H38N7O.Pt/c1-41(2,3)27-22-23-43-35(24-27)48-33-18-12-10-16-30(33)31-20-21-37(47-39(31)48)50-38-26-28(42(4,5)6)25-36(46-38)49-34-19-13-11-17-32(34)45-40(49)44-29-14-8-7-9-15-29;/h7-26H,1-6H3;/q-1;. The van der Waals surface area contributed by atoms with Crippen LogP contribution >= 0.6 is 0 Å². The summed E-state index contributed by atoms with van der Waals surface area (Å²) in [6.45, 7) is 13.2. The van der Waals surface area contributed by atoms with Gasteiger partial charge in [-0.05, 0) is 58.0 Å². The van der Waals surface area contributed by atoms with Crippen LogP contribution in [0.25, 0.3) is 49.9 Å². The summed E-state index contributed by atoms with van der Waals surface area (Å²) in [5.74, 6) is 2.87. The quantitative estimate of drug-likeness (QED) is 0.166. The van der Waals surface area contributed by atoms with Gasteiger partial charge in [0.05, 0.1) is 11.3 Å². The number of pyridine rings is 3. The number of ether oxygens (including phenoxy) is 1. The van der Waals surface area contributed by atoms with Crippen molar-refractivity contribution in [3.63, 3.8) is 0 Å². The van der Waals surface area contributed by atoms with Crippen molar-refractivity contribution < 1.29 is 25.8 Å². The Labute approximate surface area is 311 Å². The number of para-hydroxylation sites is 4. The Kier molecular flexibility index (Phi) is 8.76. The largest absolute Gasteiger partial charge is 0.421 e. The number of rotatable bonds is 6. The number of fused-ring (bicyclic) bond motifs is 4. The van der Waals surface area contributed by atoms with E-state index in [9.17, 15) is 0 Å². The molecule has 5 aromatic heterocycles. The summed E-state index contributed by atoms with van der Waals surface area (Å²) in [6, 6.07) is 38.5. The number of imidazole rings is 1. The van der Waals surface area contributed by atoms with E-state index in [1.54, 1.807) is 0 Å². The molecule has 3 aromatic carbocycles. The molecule has 0 atom stereocenters. The Hall–Kier alpha value is -5.33. The van der Waals surface area contributed by atoms with Gasteiger partial charge < -0.3 is 19.6 Å². The fourth-order valence-corrected chi connectivity index (χ4v) is 6.25. The Morgan fingerprint density at radius 3 is 2.02 bits per heavy atom. The Bertz CT molecular complexity index is 2520. The third-order valence-electron chi connectivity index (χ3n) is 8.96. The summed E-state index contributed by atoms with van der Waals surface area (Å²) in [5, 5.41) is 7.04. The second kappa shape index (κ2) is 13.1. The Morgan fingerprint density at radius 1 is 0.569 bits per heavy atom. The SMILES string of the molecule is CC(C)(C)c1cc(Oc2ccc3c4ccccc4n(-c4cc(C(C)(C)C)ccn4)c3n2)nc(-n2c([N-]c3ccccc3)nc3ccccc32)c1.[Pt]. The van der Waals surface area contributed by atoms with E-state index in [4.69, 9.17) is 30.0 Å². The van der Waals surface area contributed by atoms with Gasteiger partial charge in [-0.15, -0.1) is 0 Å². The molecular weight excluding hydrogens is 814 g/mol. The van der Waals surface area contributed by atoms with Crippen molar-refractivity contribution in [1.29, 1.82) is 0 Å². The number of hydrogen-bond acceptors (Lipinski definition) is 5. The minimum atomic E-state index is -0.198. The second-order valence-corrected chi connectivity index (χ2v) is 14.6. The topological polar surface area (TPSA) is 84.8 Å². The molecule has 9 heteroatoms. The van der Waals surface area contributed by atoms with Gasteiger partial charge in [-0.2, -0.15) is 4.98 Å². The summed E-state index contributed by atoms with van der Waals surface area (Å²) in [5.41, 5.74) is 6.36. The van der Waals surface area contributed by atoms with Gasteiger partial charge in [-0.3, -0.25) is 4.57 Å². The van der Waals surface area contributed by atoms with Crippen molar-refractivity contribution >= 4 is 44.6 Å². The van der Waals surface area contributed by atoms with Crippen molar-refractivity contribution in [2.45, 2.75) is 52.4 Å². The van der Waals surface area contributed by atoms with Crippen molar-refractivity contribution in [2.24, 2.45) is 0 Å². The van der Waals surface area contributed by atoms with E-state index in [2.05, 4.69) is 88.6 Å². The maximum atomic E-state index is 6.58. The summed E-state index contributed by atoms with van der Waals surface area (Å²) in [7, 11) is 0. The number of hydrogen-bond donors (Lipinski definition) is 0. The zero-order valence-corrected chi connectivity index (χ0v) is 31.7. The molecule has 0 saturated carbocycles. The van der Waals surface area contributed by atoms with E-state index in [1.807, 2.05) is 83.6 Å². The van der Waals surface area contributed by atoms with Crippen LogP contribution in [0.5, 0.6) is 11.8 Å². The van der Waals surface area contributed by atoms with Gasteiger partial charge in [0.25, 0.3) is 0 Å². The summed E-state index contributed by atoms with van der Waals surface area (Å²) in [4.78, 5) is 19.9. The average molecular weight is 852 g/mol. The maximum Gasteiger partial charge on any atom is 0.223 e. The first kappa shape index (κ1) is 34.1. The van der Waals surface area contributed by atoms with Crippen LogP contribution in [-0.4, -0.2) is 29.1 Å². The fourth-order valence-electron chi connectivity index (χ4n) is 6.25. The van der Waals surface area contributed by atoms with Gasteiger partial charge in [0.2, 0.25) is 11.8 Å². The van der Waals surface area contributed by atoms with Crippen molar-refractivity contribution in [3.8, 4) is 23.4 Å². The fraction of sp³-hybridized carbons (Fsp3) is 0.190. The molecule has 0 radical (unpaired) electrons. The molecular formula is C42H38N7OPt-. The van der Waals surface area contributed by atoms with E-state index in [0.29, 0.717) is 23.5 Å². The molecule has 51 heavy (non-hydrogen) atoms. The predicted octanol–water partition coefficient (Wildman–Crippen LogP) is 11.0. The molecule has 0 aliphatic carbocycles. The summed E-state index contributed by atoms with van der Waals surface area (Å²) < 4.78 is 10.7. The van der Waals surface area contributed by atoms with Gasteiger partial charge >= 0.3 is 0 Å². The zero-order chi connectivity index (χ0) is 34.6. The molecule has 0 unspecified atom stereocenters. The maximum absolute atomic E-state index is 6.58. The minimum absolute atomic E-state index is 0. The summed E-state index contributed by atoms with van der Waals surface area (Å²) >= 11 is 0. The molecule has 0 amide bonds. The number of aromatic nitrogens is 6. The monoisotopic (exact) mass is 851 g/mol. The van der Waals surface area contributed by atoms with E-state index in [-0.39, 0.29) is 31.9 Å². The number of benzene rings is 3. The van der Waals surface area contributed by atoms with Crippen LogP contribution in [0.4, 0.5) is 11.6 Å². The van der Waals surface area contributed by atoms with Crippen LogP contribution in [0.2, 0.25) is 0 Å². The van der Waals surface area contributed by atoms with Gasteiger partial charge in [0.15, 0.2) is 5.65 Å². The second-order valence-electron chi connectivity index (χ2n) is 14.6. The van der Waals surface area contributed by atoms with Crippen LogP contribution in [0.1, 0.15) is 52.7 Å². The Balaban J connectivity index is 0.00000406. The predicted molar refractivity (Wildman–Crippen MR) is 202 cm³/mol. The summed E-state index contributed by atoms with van der Waals surface area (Å²) in [6.07, 6.45) is 1.87. The van der Waals surface area contributed by atoms with Crippen LogP contribution in [-0.2, 0) is 31.9 Å². The van der Waals surface area contributed by atoms with Gasteiger partial charge in [-0.1, -0.05) is 114 Å². The van der Waals surface area contributed by atoms with E-state index in [1.165, 1.54) is 5.56 Å². The van der Waals surface area contributed by atoms with Crippen molar-refractivity contribution in [3.05, 3.63) is 138 Å². The Morgan fingerprint density at radius 2 is 1.25 bits per heavy atom. The molecule has 5 heterocycles. The molecule has 0 saturated heterocycles. The van der Waals surface area contributed by atoms with Gasteiger partial charge in [0.1, 0.15) is 5.82 Å². The molecule has 8 nitrogen and oxygen atoms in total. The van der Waals surface area contributed by atoms with Gasteiger partial charge in [0, 0.05) is 67.1 Å². The van der Waals surface area contributed by atoms with E-state index < -0.39 is 0 Å². The normalized spacial score (nSPS) is 12.0. The first-order valence-corrected chi connectivity index (χ1v) is 16.9. The molecule has 0 fully saturated rings. The molecule has 258 valence electrons. The first-order valence-electron chi connectivity index (χ1n) is 16.9. The smallest absolute Gasteiger partial charge is 0.223 e. The molecule has 0 spiro atoms. The van der Waals surface area contributed by atoms with Crippen LogP contribution in [0.3, 0.4) is 0 Å². The van der Waals surface area contributed by atoms with E-state index in [0.717, 1.165) is 50.0 Å². The molecule has 8 rings (SSSR count). The zero-order valence-electron chi connectivity index (χ0n) is 29.4. The van der Waals surface area contributed by atoms with Crippen LogP contribution in [0.15, 0.2) is 121 Å². The minimum Gasteiger partial charge on any atom is -0.421 e. The molecule has 0 aliphatic rings. The van der Waals surface area contributed by atoms with Gasteiger partial charge in [-0.25, -0.2) is 9.97 Å². The molecule has 8 aromatic rings. The first-order chi connectivity index (χ1) is 24.0. The third kappa shape index (κ3) is 6.52. The van der Waals surface area contributed by atoms with Crippen molar-refractivity contribution in [2.75, 3.05) is 0 Å².